The molecule has 0 saturated heterocycles. The summed E-state index contributed by atoms with van der Waals surface area (Å²) in [7, 11) is 0. The van der Waals surface area contributed by atoms with Gasteiger partial charge in [-0.05, 0) is 24.1 Å². The number of anilines is 2. The van der Waals surface area contributed by atoms with E-state index in [1.807, 2.05) is 55.5 Å². The number of rotatable bonds is 4. The van der Waals surface area contributed by atoms with Crippen molar-refractivity contribution in [1.29, 1.82) is 0 Å². The molecule has 0 aliphatic rings. The van der Waals surface area contributed by atoms with Crippen LogP contribution in [0.5, 0.6) is 0 Å². The summed E-state index contributed by atoms with van der Waals surface area (Å²) in [5.74, 6) is 0. The Morgan fingerprint density at radius 2 is 1.83 bits per heavy atom. The van der Waals surface area contributed by atoms with Gasteiger partial charge < -0.3 is 16.2 Å². The molecular weight excluding hydrogens is 224 g/mol. The number of nitrogens with one attached hydrogen (secondary N) is 1. The Morgan fingerprint density at radius 3 is 2.56 bits per heavy atom. The Morgan fingerprint density at radius 1 is 1.11 bits per heavy atom. The van der Waals surface area contributed by atoms with Gasteiger partial charge in [0.2, 0.25) is 0 Å². The zero-order chi connectivity index (χ0) is 13.0. The Labute approximate surface area is 107 Å². The summed E-state index contributed by atoms with van der Waals surface area (Å²) < 4.78 is 0. The molecule has 0 amide bonds. The molecule has 4 N–H and O–H groups in total. The lowest BCUT2D eigenvalue weighted by Crippen LogP contribution is -2.13. The third-order valence-electron chi connectivity index (χ3n) is 2.99. The highest BCUT2D eigenvalue weighted by Gasteiger charge is 2.07. The molecule has 0 fully saturated rings. The second-order valence-electron chi connectivity index (χ2n) is 4.34. The normalized spacial score (nSPS) is 12.1. The molecule has 3 nitrogen and oxygen atoms in total. The summed E-state index contributed by atoms with van der Waals surface area (Å²) in [5.41, 5.74) is 9.50. The lowest BCUT2D eigenvalue weighted by atomic mass is 10.1. The van der Waals surface area contributed by atoms with Gasteiger partial charge in [0.25, 0.3) is 0 Å². The maximum Gasteiger partial charge on any atom is 0.0962 e. The fourth-order valence-corrected chi connectivity index (χ4v) is 1.83. The number of aryl methyl sites for hydroxylation is 1. The Kier molecular flexibility index (Phi) is 3.85. The van der Waals surface area contributed by atoms with Gasteiger partial charge in [-0.1, -0.05) is 42.5 Å². The minimum atomic E-state index is -0.536. The first-order chi connectivity index (χ1) is 8.68. The fraction of sp³-hybridized carbons (Fsp3) is 0.200. The summed E-state index contributed by atoms with van der Waals surface area (Å²) in [6, 6.07) is 15.4. The molecule has 0 saturated carbocycles. The van der Waals surface area contributed by atoms with Crippen LogP contribution in [-0.4, -0.2) is 11.7 Å². The molecule has 2 rings (SSSR count). The van der Waals surface area contributed by atoms with Gasteiger partial charge in [-0.15, -0.1) is 0 Å². The quantitative estimate of drug-likeness (QED) is 0.722. The zero-order valence-corrected chi connectivity index (χ0v) is 10.4. The van der Waals surface area contributed by atoms with Crippen molar-refractivity contribution in [3.63, 3.8) is 0 Å². The van der Waals surface area contributed by atoms with E-state index in [0.717, 1.165) is 22.5 Å². The van der Waals surface area contributed by atoms with E-state index in [0.29, 0.717) is 6.54 Å². The van der Waals surface area contributed by atoms with E-state index < -0.39 is 6.10 Å². The highest BCUT2D eigenvalue weighted by molar-refractivity contribution is 5.69. The first-order valence-corrected chi connectivity index (χ1v) is 6.00. The number of aliphatic hydroxyl groups excluding tert-OH is 1. The molecule has 0 spiro atoms. The van der Waals surface area contributed by atoms with Gasteiger partial charge in [0.05, 0.1) is 17.5 Å². The van der Waals surface area contributed by atoms with E-state index in [1.165, 1.54) is 0 Å². The van der Waals surface area contributed by atoms with E-state index in [-0.39, 0.29) is 0 Å². The molecule has 2 aromatic carbocycles. The van der Waals surface area contributed by atoms with Crippen molar-refractivity contribution in [3.8, 4) is 0 Å². The number of para-hydroxylation sites is 1. The molecule has 0 heterocycles. The van der Waals surface area contributed by atoms with Crippen LogP contribution in [0.3, 0.4) is 0 Å². The van der Waals surface area contributed by atoms with Crippen LogP contribution in [0, 0.1) is 6.92 Å². The number of hydrogen-bond acceptors (Lipinski definition) is 3. The number of benzene rings is 2. The molecule has 18 heavy (non-hydrogen) atoms. The minimum absolute atomic E-state index is 0.442. The first kappa shape index (κ1) is 12.5. The number of nitrogen functional groups attached to an aromatic ring is 1. The number of aliphatic hydroxyl groups is 1. The molecule has 2 aromatic rings. The largest absolute Gasteiger partial charge is 0.397 e. The number of hydrogen-bond donors (Lipinski definition) is 3. The van der Waals surface area contributed by atoms with Crippen molar-refractivity contribution >= 4 is 11.4 Å². The summed E-state index contributed by atoms with van der Waals surface area (Å²) in [4.78, 5) is 0. The Bertz CT molecular complexity index is 511. The molecule has 94 valence electrons. The summed E-state index contributed by atoms with van der Waals surface area (Å²) >= 11 is 0. The predicted octanol–water partition coefficient (Wildman–Crippen LogP) is 2.72. The van der Waals surface area contributed by atoms with Crippen LogP contribution in [-0.2, 0) is 0 Å². The highest BCUT2D eigenvalue weighted by atomic mass is 16.3. The van der Waals surface area contributed by atoms with Crippen molar-refractivity contribution in [2.24, 2.45) is 0 Å². The Balaban J connectivity index is 2.02. The van der Waals surface area contributed by atoms with Crippen molar-refractivity contribution in [3.05, 3.63) is 59.7 Å². The first-order valence-electron chi connectivity index (χ1n) is 6.00. The van der Waals surface area contributed by atoms with Crippen LogP contribution in [0.4, 0.5) is 11.4 Å². The second-order valence-corrected chi connectivity index (χ2v) is 4.34. The molecule has 0 aromatic heterocycles. The molecule has 3 heteroatoms. The van der Waals surface area contributed by atoms with Crippen LogP contribution in [0.25, 0.3) is 0 Å². The maximum absolute atomic E-state index is 10.0. The molecule has 0 aliphatic carbocycles. The minimum Gasteiger partial charge on any atom is -0.397 e. The van der Waals surface area contributed by atoms with Crippen LogP contribution < -0.4 is 11.1 Å². The lowest BCUT2D eigenvalue weighted by molar-refractivity contribution is 0.191. The third kappa shape index (κ3) is 2.81. The van der Waals surface area contributed by atoms with Crippen molar-refractivity contribution < 1.29 is 5.11 Å². The van der Waals surface area contributed by atoms with E-state index in [2.05, 4.69) is 5.32 Å². The average molecular weight is 242 g/mol. The smallest absolute Gasteiger partial charge is 0.0962 e. The van der Waals surface area contributed by atoms with Crippen molar-refractivity contribution in [1.82, 2.24) is 0 Å². The highest BCUT2D eigenvalue weighted by Crippen LogP contribution is 2.22. The van der Waals surface area contributed by atoms with Crippen LogP contribution in [0.1, 0.15) is 17.2 Å². The Hall–Kier alpha value is -2.00. The van der Waals surface area contributed by atoms with Crippen molar-refractivity contribution in [2.75, 3.05) is 17.6 Å². The van der Waals surface area contributed by atoms with E-state index in [4.69, 9.17) is 5.73 Å². The van der Waals surface area contributed by atoms with E-state index >= 15 is 0 Å². The maximum atomic E-state index is 10.0. The zero-order valence-electron chi connectivity index (χ0n) is 10.4. The van der Waals surface area contributed by atoms with Gasteiger partial charge in [0.15, 0.2) is 0 Å². The lowest BCUT2D eigenvalue weighted by Gasteiger charge is -2.15. The van der Waals surface area contributed by atoms with Crippen LogP contribution >= 0.6 is 0 Å². The van der Waals surface area contributed by atoms with Crippen molar-refractivity contribution in [2.45, 2.75) is 13.0 Å². The van der Waals surface area contributed by atoms with Crippen LogP contribution in [0.2, 0.25) is 0 Å². The SMILES string of the molecule is Cc1cccc(NCC(O)c2ccccc2)c1N. The van der Waals surface area contributed by atoms with Gasteiger partial charge in [-0.3, -0.25) is 0 Å². The van der Waals surface area contributed by atoms with Gasteiger partial charge in [0.1, 0.15) is 0 Å². The summed E-state index contributed by atoms with van der Waals surface area (Å²) in [6.07, 6.45) is -0.536. The van der Waals surface area contributed by atoms with Gasteiger partial charge in [-0.25, -0.2) is 0 Å². The average Bonchev–Trinajstić information content (AvgIpc) is 2.41. The number of nitrogens with two attached hydrogens (primary N) is 1. The van der Waals surface area contributed by atoms with Crippen LogP contribution in [0.15, 0.2) is 48.5 Å². The third-order valence-corrected chi connectivity index (χ3v) is 2.99. The predicted molar refractivity (Wildman–Crippen MR) is 75.5 cm³/mol. The van der Waals surface area contributed by atoms with Gasteiger partial charge in [0, 0.05) is 6.54 Å². The second kappa shape index (κ2) is 5.56. The molecule has 1 atom stereocenters. The summed E-state index contributed by atoms with van der Waals surface area (Å²) in [5, 5.41) is 13.2. The van der Waals surface area contributed by atoms with Gasteiger partial charge >= 0.3 is 0 Å². The van der Waals surface area contributed by atoms with E-state index in [9.17, 15) is 5.11 Å². The standard InChI is InChI=1S/C15H18N2O/c1-11-6-5-9-13(15(11)16)17-10-14(18)12-7-3-2-4-8-12/h2-9,14,17-18H,10,16H2,1H3. The molecule has 0 radical (unpaired) electrons. The monoisotopic (exact) mass is 242 g/mol. The molecule has 1 unspecified atom stereocenters. The molecular formula is C15H18N2O. The molecule has 0 bridgehead atoms. The van der Waals surface area contributed by atoms with E-state index in [1.54, 1.807) is 0 Å². The molecule has 0 aliphatic heterocycles. The fourth-order valence-electron chi connectivity index (χ4n) is 1.83. The summed E-state index contributed by atoms with van der Waals surface area (Å²) in [6.45, 7) is 2.41. The van der Waals surface area contributed by atoms with Gasteiger partial charge in [-0.2, -0.15) is 0 Å². The topological polar surface area (TPSA) is 58.3 Å².